The molecule has 0 radical (unpaired) electrons. The Morgan fingerprint density at radius 3 is 2.50 bits per heavy atom. The van der Waals surface area contributed by atoms with Crippen LogP contribution in [0.15, 0.2) is 41.3 Å². The molecule has 0 saturated carbocycles. The van der Waals surface area contributed by atoms with Crippen molar-refractivity contribution in [2.75, 3.05) is 17.9 Å². The van der Waals surface area contributed by atoms with Crippen LogP contribution in [-0.2, 0) is 10.0 Å². The van der Waals surface area contributed by atoms with Gasteiger partial charge in [0.05, 0.1) is 10.6 Å². The second-order valence-corrected chi connectivity index (χ2v) is 6.84. The Hall–Kier alpha value is -2.21. The monoisotopic (exact) mass is 319 g/mol. The molecule has 2 aromatic carbocycles. The molecule has 0 aromatic heterocycles. The van der Waals surface area contributed by atoms with Gasteiger partial charge in [0, 0.05) is 6.07 Å². The average molecular weight is 319 g/mol. The molecule has 6 heteroatoms. The molecule has 0 saturated heterocycles. The average Bonchev–Trinajstić information content (AvgIpc) is 2.51. The summed E-state index contributed by atoms with van der Waals surface area (Å²) in [6.45, 7) is 4.72. The van der Waals surface area contributed by atoms with Crippen LogP contribution in [-0.4, -0.2) is 21.6 Å². The summed E-state index contributed by atoms with van der Waals surface area (Å²) in [7, 11) is -3.67. The summed E-state index contributed by atoms with van der Waals surface area (Å²) in [4.78, 5) is 0.151. The van der Waals surface area contributed by atoms with E-state index in [1.54, 1.807) is 12.1 Å². The molecule has 1 N–H and O–H groups in total. The molecule has 5 nitrogen and oxygen atoms in total. The van der Waals surface area contributed by atoms with Crippen molar-refractivity contribution in [2.45, 2.75) is 18.7 Å². The lowest BCUT2D eigenvalue weighted by atomic mass is 10.1. The maximum absolute atomic E-state index is 12.5. The Morgan fingerprint density at radius 2 is 1.73 bits per heavy atom. The van der Waals surface area contributed by atoms with Gasteiger partial charge in [-0.05, 0) is 43.2 Å². The second-order valence-electron chi connectivity index (χ2n) is 5.16. The third-order valence-corrected chi connectivity index (χ3v) is 5.04. The van der Waals surface area contributed by atoms with Crippen molar-refractivity contribution >= 4 is 15.7 Å². The molecule has 0 bridgehead atoms. The van der Waals surface area contributed by atoms with E-state index in [1.807, 2.05) is 26.0 Å². The second kappa shape index (κ2) is 5.53. The van der Waals surface area contributed by atoms with E-state index in [2.05, 4.69) is 4.72 Å². The van der Waals surface area contributed by atoms with Crippen molar-refractivity contribution in [2.24, 2.45) is 0 Å². The minimum absolute atomic E-state index is 0.151. The molecule has 0 aliphatic carbocycles. The largest absolute Gasteiger partial charge is 0.486 e. The summed E-state index contributed by atoms with van der Waals surface area (Å²) in [6, 6.07) is 10.1. The van der Waals surface area contributed by atoms with Crippen LogP contribution in [0.3, 0.4) is 0 Å². The fourth-order valence-electron chi connectivity index (χ4n) is 2.26. The molecule has 0 atom stereocenters. The first-order chi connectivity index (χ1) is 10.5. The van der Waals surface area contributed by atoms with Crippen LogP contribution in [0, 0.1) is 13.8 Å². The zero-order valence-electron chi connectivity index (χ0n) is 12.4. The van der Waals surface area contributed by atoms with E-state index in [9.17, 15) is 8.42 Å². The van der Waals surface area contributed by atoms with Crippen molar-refractivity contribution in [1.29, 1.82) is 0 Å². The molecule has 116 valence electrons. The topological polar surface area (TPSA) is 64.6 Å². The van der Waals surface area contributed by atoms with Gasteiger partial charge in [-0.25, -0.2) is 8.42 Å². The van der Waals surface area contributed by atoms with Crippen molar-refractivity contribution in [3.63, 3.8) is 0 Å². The fraction of sp³-hybridized carbons (Fsp3) is 0.250. The Balaban J connectivity index is 1.94. The molecule has 0 amide bonds. The van der Waals surface area contributed by atoms with Crippen LogP contribution in [0.25, 0.3) is 0 Å². The maximum Gasteiger partial charge on any atom is 0.262 e. The predicted molar refractivity (Wildman–Crippen MR) is 84.2 cm³/mol. The molecular weight excluding hydrogens is 302 g/mol. The van der Waals surface area contributed by atoms with Gasteiger partial charge in [0.15, 0.2) is 11.5 Å². The highest BCUT2D eigenvalue weighted by Gasteiger charge is 2.20. The third kappa shape index (κ3) is 2.74. The van der Waals surface area contributed by atoms with E-state index >= 15 is 0 Å². The molecule has 0 spiro atoms. The normalized spacial score (nSPS) is 13.7. The highest BCUT2D eigenvalue weighted by Crippen LogP contribution is 2.33. The number of hydrogen-bond acceptors (Lipinski definition) is 4. The number of nitrogens with one attached hydrogen (secondary N) is 1. The number of ether oxygens (including phenoxy) is 2. The van der Waals surface area contributed by atoms with E-state index < -0.39 is 10.0 Å². The van der Waals surface area contributed by atoms with Gasteiger partial charge in [-0.1, -0.05) is 12.1 Å². The quantitative estimate of drug-likeness (QED) is 0.945. The lowest BCUT2D eigenvalue weighted by Crippen LogP contribution is -2.17. The van der Waals surface area contributed by atoms with Crippen molar-refractivity contribution in [3.05, 3.63) is 47.5 Å². The molecule has 22 heavy (non-hydrogen) atoms. The Bertz CT molecular complexity index is 815. The molecule has 1 heterocycles. The fourth-order valence-corrected chi connectivity index (χ4v) is 3.39. The minimum atomic E-state index is -3.67. The van der Waals surface area contributed by atoms with Crippen LogP contribution in [0.5, 0.6) is 11.5 Å². The summed E-state index contributed by atoms with van der Waals surface area (Å²) in [5, 5.41) is 0. The number of benzene rings is 2. The Morgan fingerprint density at radius 1 is 1.00 bits per heavy atom. The summed E-state index contributed by atoms with van der Waals surface area (Å²) >= 11 is 0. The van der Waals surface area contributed by atoms with Gasteiger partial charge in [0.1, 0.15) is 13.2 Å². The molecule has 1 aliphatic rings. The van der Waals surface area contributed by atoms with Crippen molar-refractivity contribution < 1.29 is 17.9 Å². The van der Waals surface area contributed by atoms with Gasteiger partial charge in [0.25, 0.3) is 10.0 Å². The molecule has 0 fully saturated rings. The SMILES string of the molecule is Cc1cccc(NS(=O)(=O)c2ccc3c(c2)OCCO3)c1C. The molecule has 3 rings (SSSR count). The van der Waals surface area contributed by atoms with Gasteiger partial charge in [-0.15, -0.1) is 0 Å². The zero-order valence-corrected chi connectivity index (χ0v) is 13.2. The number of hydrogen-bond donors (Lipinski definition) is 1. The standard InChI is InChI=1S/C16H17NO4S/c1-11-4-3-5-14(12(11)2)17-22(18,19)13-6-7-15-16(10-13)21-9-8-20-15/h3-7,10,17H,8-9H2,1-2H3. The van der Waals surface area contributed by atoms with E-state index in [1.165, 1.54) is 12.1 Å². The first kappa shape index (κ1) is 14.7. The highest BCUT2D eigenvalue weighted by molar-refractivity contribution is 7.92. The number of anilines is 1. The van der Waals surface area contributed by atoms with E-state index in [0.717, 1.165) is 11.1 Å². The smallest absolute Gasteiger partial charge is 0.262 e. The number of fused-ring (bicyclic) bond motifs is 1. The molecule has 0 unspecified atom stereocenters. The van der Waals surface area contributed by atoms with Gasteiger partial charge in [-0.3, -0.25) is 4.72 Å². The van der Waals surface area contributed by atoms with Crippen LogP contribution in [0.4, 0.5) is 5.69 Å². The summed E-state index contributed by atoms with van der Waals surface area (Å²) in [5.74, 6) is 1.02. The summed E-state index contributed by atoms with van der Waals surface area (Å²) in [5.41, 5.74) is 2.51. The van der Waals surface area contributed by atoms with Crippen LogP contribution >= 0.6 is 0 Å². The highest BCUT2D eigenvalue weighted by atomic mass is 32.2. The van der Waals surface area contributed by atoms with Gasteiger partial charge < -0.3 is 9.47 Å². The van der Waals surface area contributed by atoms with E-state index in [-0.39, 0.29) is 4.90 Å². The lowest BCUT2D eigenvalue weighted by Gasteiger charge is -2.19. The minimum Gasteiger partial charge on any atom is -0.486 e. The van der Waals surface area contributed by atoms with Gasteiger partial charge in [0.2, 0.25) is 0 Å². The van der Waals surface area contributed by atoms with E-state index in [4.69, 9.17) is 9.47 Å². The third-order valence-electron chi connectivity index (χ3n) is 3.67. The van der Waals surface area contributed by atoms with Gasteiger partial charge in [-0.2, -0.15) is 0 Å². The zero-order chi connectivity index (χ0) is 15.7. The van der Waals surface area contributed by atoms with Gasteiger partial charge >= 0.3 is 0 Å². The van der Waals surface area contributed by atoms with Crippen LogP contribution in [0.1, 0.15) is 11.1 Å². The maximum atomic E-state index is 12.5. The first-order valence-corrected chi connectivity index (χ1v) is 8.44. The molecule has 1 aliphatic heterocycles. The van der Waals surface area contributed by atoms with Crippen LogP contribution < -0.4 is 14.2 Å². The van der Waals surface area contributed by atoms with Crippen molar-refractivity contribution in [3.8, 4) is 11.5 Å². The predicted octanol–water partition coefficient (Wildman–Crippen LogP) is 2.88. The summed E-state index contributed by atoms with van der Waals surface area (Å²) in [6.07, 6.45) is 0. The first-order valence-electron chi connectivity index (χ1n) is 6.96. The van der Waals surface area contributed by atoms with E-state index in [0.29, 0.717) is 30.4 Å². The molecular formula is C16H17NO4S. The number of sulfonamides is 1. The molecule has 2 aromatic rings. The summed E-state index contributed by atoms with van der Waals surface area (Å²) < 4.78 is 38.6. The Kier molecular flexibility index (Phi) is 3.70. The number of rotatable bonds is 3. The number of aryl methyl sites for hydroxylation is 1. The van der Waals surface area contributed by atoms with Crippen molar-refractivity contribution in [1.82, 2.24) is 0 Å². The van der Waals surface area contributed by atoms with Crippen LogP contribution in [0.2, 0.25) is 0 Å². The lowest BCUT2D eigenvalue weighted by molar-refractivity contribution is 0.171. The Labute approximate surface area is 129 Å².